The van der Waals surface area contributed by atoms with Crippen LogP contribution in [0.5, 0.6) is 0 Å². The van der Waals surface area contributed by atoms with Crippen molar-refractivity contribution in [2.24, 2.45) is 5.92 Å². The van der Waals surface area contributed by atoms with Crippen LogP contribution < -0.4 is 5.32 Å². The summed E-state index contributed by atoms with van der Waals surface area (Å²) in [5.41, 5.74) is 0. The Bertz CT molecular complexity index is 241. The zero-order valence-electron chi connectivity index (χ0n) is 11.1. The fourth-order valence-electron chi connectivity index (χ4n) is 3.17. The van der Waals surface area contributed by atoms with Crippen LogP contribution in [-0.2, 0) is 4.79 Å². The van der Waals surface area contributed by atoms with Gasteiger partial charge in [-0.3, -0.25) is 4.79 Å². The van der Waals surface area contributed by atoms with E-state index in [1.807, 2.05) is 7.05 Å². The minimum Gasteiger partial charge on any atom is -0.343 e. The third-order valence-corrected chi connectivity index (χ3v) is 4.43. The fraction of sp³-hybridized carbons (Fsp3) is 0.929. The smallest absolute Gasteiger partial charge is 0.222 e. The molecule has 1 aliphatic heterocycles. The third-order valence-electron chi connectivity index (χ3n) is 4.43. The molecule has 1 N–H and O–H groups in total. The second-order valence-corrected chi connectivity index (χ2v) is 5.65. The molecule has 1 amide bonds. The lowest BCUT2D eigenvalue weighted by Gasteiger charge is -2.31. The average molecular weight is 238 g/mol. The number of carbonyl (C=O) groups excluding carboxylic acids is 1. The number of hydrogen-bond acceptors (Lipinski definition) is 2. The molecule has 98 valence electrons. The van der Waals surface area contributed by atoms with E-state index < -0.39 is 0 Å². The van der Waals surface area contributed by atoms with Gasteiger partial charge in [-0.15, -0.1) is 0 Å². The number of nitrogens with one attached hydrogen (secondary N) is 1. The molecule has 1 saturated heterocycles. The summed E-state index contributed by atoms with van der Waals surface area (Å²) in [6.07, 6.45) is 9.46. The summed E-state index contributed by atoms with van der Waals surface area (Å²) in [5, 5.41) is 3.35. The van der Waals surface area contributed by atoms with E-state index in [9.17, 15) is 4.79 Å². The van der Waals surface area contributed by atoms with Gasteiger partial charge in [0.1, 0.15) is 0 Å². The Balaban J connectivity index is 1.71. The van der Waals surface area contributed by atoms with Crippen LogP contribution in [0.2, 0.25) is 0 Å². The topological polar surface area (TPSA) is 32.3 Å². The van der Waals surface area contributed by atoms with E-state index in [4.69, 9.17) is 0 Å². The summed E-state index contributed by atoms with van der Waals surface area (Å²) >= 11 is 0. The molecular weight excluding hydrogens is 212 g/mol. The zero-order chi connectivity index (χ0) is 12.1. The van der Waals surface area contributed by atoms with Crippen molar-refractivity contribution >= 4 is 5.91 Å². The minimum atomic E-state index is 0.414. The standard InChI is InChI=1S/C14H26N2O/c1-15-13-7-5-12(6-8-13)11-14(17)16-9-3-2-4-10-16/h12-13,15H,2-11H2,1H3. The van der Waals surface area contributed by atoms with Crippen LogP contribution in [-0.4, -0.2) is 37.0 Å². The van der Waals surface area contributed by atoms with Gasteiger partial charge in [0.2, 0.25) is 5.91 Å². The zero-order valence-corrected chi connectivity index (χ0v) is 11.1. The van der Waals surface area contributed by atoms with Gasteiger partial charge < -0.3 is 10.2 Å². The van der Waals surface area contributed by atoms with Gasteiger partial charge >= 0.3 is 0 Å². The predicted octanol–water partition coefficient (Wildman–Crippen LogP) is 2.17. The molecule has 0 bridgehead atoms. The number of amides is 1. The van der Waals surface area contributed by atoms with Crippen LogP contribution >= 0.6 is 0 Å². The van der Waals surface area contributed by atoms with E-state index >= 15 is 0 Å². The van der Waals surface area contributed by atoms with Crippen LogP contribution in [0.1, 0.15) is 51.4 Å². The predicted molar refractivity (Wildman–Crippen MR) is 69.9 cm³/mol. The molecule has 0 aromatic carbocycles. The van der Waals surface area contributed by atoms with E-state index in [2.05, 4.69) is 10.2 Å². The van der Waals surface area contributed by atoms with Crippen LogP contribution in [0, 0.1) is 5.92 Å². The number of carbonyl (C=O) groups is 1. The normalized spacial score (nSPS) is 30.3. The van der Waals surface area contributed by atoms with Crippen molar-refractivity contribution in [3.8, 4) is 0 Å². The highest BCUT2D eigenvalue weighted by Gasteiger charge is 2.24. The van der Waals surface area contributed by atoms with E-state index in [1.54, 1.807) is 0 Å². The first-order valence-corrected chi connectivity index (χ1v) is 7.24. The molecule has 1 heterocycles. The molecule has 3 nitrogen and oxygen atoms in total. The average Bonchev–Trinajstić information content (AvgIpc) is 2.40. The molecule has 0 aromatic rings. The Kier molecular flexibility index (Phi) is 4.84. The lowest BCUT2D eigenvalue weighted by atomic mass is 9.84. The van der Waals surface area contributed by atoms with Crippen molar-refractivity contribution in [3.63, 3.8) is 0 Å². The summed E-state index contributed by atoms with van der Waals surface area (Å²) in [7, 11) is 2.05. The monoisotopic (exact) mass is 238 g/mol. The van der Waals surface area contributed by atoms with Gasteiger partial charge in [-0.2, -0.15) is 0 Å². The largest absolute Gasteiger partial charge is 0.343 e. The number of hydrogen-bond donors (Lipinski definition) is 1. The second kappa shape index (κ2) is 6.39. The summed E-state index contributed by atoms with van der Waals surface area (Å²) in [4.78, 5) is 14.2. The maximum absolute atomic E-state index is 12.1. The number of rotatable bonds is 3. The van der Waals surface area contributed by atoms with Crippen molar-refractivity contribution < 1.29 is 4.79 Å². The first-order chi connectivity index (χ1) is 8.29. The Hall–Kier alpha value is -0.570. The summed E-state index contributed by atoms with van der Waals surface area (Å²) in [6, 6.07) is 0.691. The summed E-state index contributed by atoms with van der Waals surface area (Å²) in [5.74, 6) is 1.06. The van der Waals surface area contributed by atoms with Gasteiger partial charge in [-0.1, -0.05) is 0 Å². The summed E-state index contributed by atoms with van der Waals surface area (Å²) in [6.45, 7) is 2.01. The molecule has 2 rings (SSSR count). The molecule has 1 aliphatic carbocycles. The van der Waals surface area contributed by atoms with Gasteiger partial charge in [0.25, 0.3) is 0 Å². The molecule has 0 atom stereocenters. The highest BCUT2D eigenvalue weighted by molar-refractivity contribution is 5.76. The van der Waals surface area contributed by atoms with Gasteiger partial charge in [0, 0.05) is 25.6 Å². The summed E-state index contributed by atoms with van der Waals surface area (Å²) < 4.78 is 0. The first-order valence-electron chi connectivity index (χ1n) is 7.24. The fourth-order valence-corrected chi connectivity index (χ4v) is 3.17. The van der Waals surface area contributed by atoms with Crippen LogP contribution in [0.3, 0.4) is 0 Å². The molecule has 0 radical (unpaired) electrons. The molecule has 17 heavy (non-hydrogen) atoms. The highest BCUT2D eigenvalue weighted by atomic mass is 16.2. The van der Waals surface area contributed by atoms with Crippen molar-refractivity contribution in [2.75, 3.05) is 20.1 Å². The molecule has 1 saturated carbocycles. The quantitative estimate of drug-likeness (QED) is 0.817. The molecule has 2 aliphatic rings. The van der Waals surface area contributed by atoms with Crippen LogP contribution in [0.25, 0.3) is 0 Å². The Morgan fingerprint density at radius 2 is 1.76 bits per heavy atom. The van der Waals surface area contributed by atoms with Crippen molar-refractivity contribution in [1.82, 2.24) is 10.2 Å². The van der Waals surface area contributed by atoms with Gasteiger partial charge in [0.15, 0.2) is 0 Å². The van der Waals surface area contributed by atoms with Crippen molar-refractivity contribution in [1.29, 1.82) is 0 Å². The SMILES string of the molecule is CNC1CCC(CC(=O)N2CCCCC2)CC1. The van der Waals surface area contributed by atoms with E-state index in [0.29, 0.717) is 17.9 Å². The lowest BCUT2D eigenvalue weighted by molar-refractivity contribution is -0.133. The first kappa shape index (κ1) is 12.9. The second-order valence-electron chi connectivity index (χ2n) is 5.65. The van der Waals surface area contributed by atoms with Crippen LogP contribution in [0.15, 0.2) is 0 Å². The Morgan fingerprint density at radius 3 is 2.35 bits per heavy atom. The molecule has 2 fully saturated rings. The number of likely N-dealkylation sites (tertiary alicyclic amines) is 1. The molecule has 0 spiro atoms. The molecule has 0 aromatic heterocycles. The molecule has 0 unspecified atom stereocenters. The molecular formula is C14H26N2O. The van der Waals surface area contributed by atoms with Gasteiger partial charge in [-0.05, 0) is 57.9 Å². The van der Waals surface area contributed by atoms with Gasteiger partial charge in [0.05, 0.1) is 0 Å². The van der Waals surface area contributed by atoms with E-state index in [1.165, 1.54) is 44.9 Å². The minimum absolute atomic E-state index is 0.414. The van der Waals surface area contributed by atoms with Crippen LogP contribution in [0.4, 0.5) is 0 Å². The lowest BCUT2D eigenvalue weighted by Crippen LogP contribution is -2.37. The Morgan fingerprint density at radius 1 is 1.12 bits per heavy atom. The maximum atomic E-state index is 12.1. The number of piperidine rings is 1. The van der Waals surface area contributed by atoms with E-state index in [0.717, 1.165) is 19.5 Å². The van der Waals surface area contributed by atoms with Crippen molar-refractivity contribution in [3.05, 3.63) is 0 Å². The third kappa shape index (κ3) is 3.70. The maximum Gasteiger partial charge on any atom is 0.222 e. The van der Waals surface area contributed by atoms with Crippen molar-refractivity contribution in [2.45, 2.75) is 57.4 Å². The van der Waals surface area contributed by atoms with Gasteiger partial charge in [-0.25, -0.2) is 0 Å². The Labute approximate surface area is 105 Å². The molecule has 3 heteroatoms. The highest BCUT2D eigenvalue weighted by Crippen LogP contribution is 2.27. The number of nitrogens with zero attached hydrogens (tertiary/aromatic N) is 1. The van der Waals surface area contributed by atoms with E-state index in [-0.39, 0.29) is 0 Å².